The molecule has 0 aliphatic carbocycles. The smallest absolute Gasteiger partial charge is 0.397 e. The van der Waals surface area contributed by atoms with E-state index in [1.54, 1.807) is 13.0 Å². The maximum Gasteiger partial charge on any atom is 0.397 e. The zero-order chi connectivity index (χ0) is 15.3. The van der Waals surface area contributed by atoms with Crippen LogP contribution in [0.5, 0.6) is 5.75 Å². The summed E-state index contributed by atoms with van der Waals surface area (Å²) < 4.78 is 55.0. The number of methoxy groups -OCH3 is 1. The molecule has 9 heteroatoms. The first kappa shape index (κ1) is 20.0. The minimum Gasteiger partial charge on any atom is -0.496 e. The van der Waals surface area contributed by atoms with E-state index >= 15 is 0 Å². The van der Waals surface area contributed by atoms with Gasteiger partial charge in [-0.25, -0.2) is 8.39 Å². The Morgan fingerprint density at radius 1 is 1.19 bits per heavy atom. The normalized spacial score (nSPS) is 12.6. The quantitative estimate of drug-likeness (QED) is 0.597. The lowest BCUT2D eigenvalue weighted by Gasteiger charge is -2.10. The van der Waals surface area contributed by atoms with Crippen LogP contribution in [0.3, 0.4) is 0 Å². The fourth-order valence-corrected chi connectivity index (χ4v) is 2.68. The van der Waals surface area contributed by atoms with Gasteiger partial charge in [0.15, 0.2) is 11.1 Å². The molecule has 1 N–H and O–H groups in total. The zero-order valence-electron chi connectivity index (χ0n) is 11.3. The van der Waals surface area contributed by atoms with E-state index in [0.717, 1.165) is 11.1 Å². The van der Waals surface area contributed by atoms with Gasteiger partial charge in [0.1, 0.15) is 5.75 Å². The minimum absolute atomic E-state index is 0. The van der Waals surface area contributed by atoms with Crippen molar-refractivity contribution in [2.45, 2.75) is 26.2 Å². The lowest BCUT2D eigenvalue weighted by molar-refractivity contribution is 0.212. The van der Waals surface area contributed by atoms with Crippen LogP contribution in [0.1, 0.15) is 18.6 Å². The molecule has 0 aromatic heterocycles. The molecule has 7 nitrogen and oxygen atoms in total. The Morgan fingerprint density at radius 2 is 1.81 bits per heavy atom. The molecule has 0 spiro atoms. The highest BCUT2D eigenvalue weighted by Gasteiger charge is 2.13. The molecule has 0 amide bonds. The SMILES string of the molecule is C.COc1cc(S(=O)OCCOS(=O)(=O)O)c(C)cc1C. The maximum atomic E-state index is 11.9. The van der Waals surface area contributed by atoms with Crippen molar-refractivity contribution in [3.8, 4) is 5.75 Å². The molecule has 1 aromatic carbocycles. The van der Waals surface area contributed by atoms with Gasteiger partial charge in [0.05, 0.1) is 25.2 Å². The number of hydrogen-bond donors (Lipinski definition) is 1. The van der Waals surface area contributed by atoms with Gasteiger partial charge in [-0.2, -0.15) is 8.42 Å². The standard InChI is InChI=1S/C11H16O7S2.CH4/c1-8-6-9(2)11(7-10(8)16-3)19(12)17-4-5-18-20(13,14)15;/h6-7H,4-5H2,1-3H3,(H,13,14,15);1H4. The van der Waals surface area contributed by atoms with E-state index in [9.17, 15) is 12.6 Å². The Bertz CT molecular complexity index is 596. The van der Waals surface area contributed by atoms with Gasteiger partial charge in [0, 0.05) is 0 Å². The van der Waals surface area contributed by atoms with Crippen LogP contribution in [-0.2, 0) is 29.8 Å². The van der Waals surface area contributed by atoms with Crippen molar-refractivity contribution in [1.29, 1.82) is 0 Å². The second-order valence-electron chi connectivity index (χ2n) is 3.89. The fourth-order valence-electron chi connectivity index (χ4n) is 1.53. The van der Waals surface area contributed by atoms with Crippen molar-refractivity contribution in [2.24, 2.45) is 0 Å². The number of hydrogen-bond acceptors (Lipinski definition) is 6. The monoisotopic (exact) mass is 340 g/mol. The molecule has 21 heavy (non-hydrogen) atoms. The summed E-state index contributed by atoms with van der Waals surface area (Å²) in [6, 6.07) is 3.41. The molecular formula is C12H20O7S2. The van der Waals surface area contributed by atoms with Crippen molar-refractivity contribution in [1.82, 2.24) is 0 Å². The van der Waals surface area contributed by atoms with Crippen LogP contribution in [0.15, 0.2) is 17.0 Å². The van der Waals surface area contributed by atoms with Gasteiger partial charge in [-0.05, 0) is 31.0 Å². The van der Waals surface area contributed by atoms with E-state index in [-0.39, 0.29) is 14.0 Å². The summed E-state index contributed by atoms with van der Waals surface area (Å²) in [6.45, 7) is 2.96. The van der Waals surface area contributed by atoms with Crippen LogP contribution in [0.25, 0.3) is 0 Å². The molecule has 1 unspecified atom stereocenters. The Balaban J connectivity index is 0.00000400. The molecule has 0 bridgehead atoms. The van der Waals surface area contributed by atoms with Gasteiger partial charge in [0.25, 0.3) is 0 Å². The molecular weight excluding hydrogens is 320 g/mol. The van der Waals surface area contributed by atoms with Crippen LogP contribution in [0, 0.1) is 13.8 Å². The molecule has 0 heterocycles. The van der Waals surface area contributed by atoms with Crippen LogP contribution in [-0.4, -0.2) is 37.5 Å². The highest BCUT2D eigenvalue weighted by molar-refractivity contribution is 7.81. The van der Waals surface area contributed by atoms with E-state index in [0.29, 0.717) is 10.6 Å². The van der Waals surface area contributed by atoms with Crippen molar-refractivity contribution >= 4 is 21.5 Å². The van der Waals surface area contributed by atoms with Crippen molar-refractivity contribution in [3.63, 3.8) is 0 Å². The third kappa shape index (κ3) is 6.53. The van der Waals surface area contributed by atoms with E-state index < -0.39 is 28.1 Å². The number of rotatable bonds is 7. The van der Waals surface area contributed by atoms with Gasteiger partial charge in [-0.1, -0.05) is 13.5 Å². The van der Waals surface area contributed by atoms with Crippen LogP contribution in [0.4, 0.5) is 0 Å². The van der Waals surface area contributed by atoms with E-state index in [1.807, 2.05) is 13.0 Å². The zero-order valence-corrected chi connectivity index (χ0v) is 12.9. The van der Waals surface area contributed by atoms with Gasteiger partial charge in [-0.3, -0.25) is 8.74 Å². The molecule has 1 rings (SSSR count). The van der Waals surface area contributed by atoms with Crippen LogP contribution in [0.2, 0.25) is 0 Å². The van der Waals surface area contributed by atoms with Gasteiger partial charge in [0.2, 0.25) is 0 Å². The van der Waals surface area contributed by atoms with Crippen LogP contribution < -0.4 is 4.74 Å². The van der Waals surface area contributed by atoms with Crippen molar-refractivity contribution in [3.05, 3.63) is 23.3 Å². The molecule has 0 aliphatic heterocycles. The van der Waals surface area contributed by atoms with Crippen molar-refractivity contribution < 1.29 is 30.3 Å². The fraction of sp³-hybridized carbons (Fsp3) is 0.500. The Morgan fingerprint density at radius 3 is 2.33 bits per heavy atom. The summed E-state index contributed by atoms with van der Waals surface area (Å²) in [6.07, 6.45) is 0. The number of ether oxygens (including phenoxy) is 1. The maximum absolute atomic E-state index is 11.9. The van der Waals surface area contributed by atoms with E-state index in [4.69, 9.17) is 13.5 Å². The van der Waals surface area contributed by atoms with E-state index in [2.05, 4.69) is 4.18 Å². The Kier molecular flexibility index (Phi) is 8.04. The average Bonchev–Trinajstić information content (AvgIpc) is 2.33. The summed E-state index contributed by atoms with van der Waals surface area (Å²) in [7, 11) is -3.00. The Labute approximate surface area is 127 Å². The van der Waals surface area contributed by atoms with Gasteiger partial charge < -0.3 is 4.74 Å². The summed E-state index contributed by atoms with van der Waals surface area (Å²) in [5.74, 6) is 0.580. The molecule has 1 aromatic rings. The lowest BCUT2D eigenvalue weighted by atomic mass is 10.1. The second kappa shape index (κ2) is 8.44. The first-order chi connectivity index (χ1) is 9.24. The summed E-state index contributed by atoms with van der Waals surface area (Å²) in [4.78, 5) is 0.430. The molecule has 0 aliphatic rings. The molecule has 0 fully saturated rings. The number of aryl methyl sites for hydroxylation is 2. The third-order valence-electron chi connectivity index (χ3n) is 2.38. The summed E-state index contributed by atoms with van der Waals surface area (Å²) >= 11 is -1.78. The third-order valence-corrected chi connectivity index (χ3v) is 4.02. The van der Waals surface area contributed by atoms with Crippen molar-refractivity contribution in [2.75, 3.05) is 20.3 Å². The van der Waals surface area contributed by atoms with Gasteiger partial charge in [-0.15, -0.1) is 0 Å². The minimum atomic E-state index is -4.51. The first-order valence-corrected chi connectivity index (χ1v) is 8.00. The first-order valence-electron chi connectivity index (χ1n) is 5.56. The topological polar surface area (TPSA) is 99.1 Å². The van der Waals surface area contributed by atoms with Crippen LogP contribution >= 0.6 is 0 Å². The highest BCUT2D eigenvalue weighted by atomic mass is 32.3. The largest absolute Gasteiger partial charge is 0.496 e. The second-order valence-corrected chi connectivity index (χ2v) is 6.13. The lowest BCUT2D eigenvalue weighted by Crippen LogP contribution is -2.11. The number of benzene rings is 1. The average molecular weight is 340 g/mol. The summed E-state index contributed by atoms with van der Waals surface area (Å²) in [5, 5.41) is 0. The predicted molar refractivity (Wildman–Crippen MR) is 79.1 cm³/mol. The van der Waals surface area contributed by atoms with E-state index in [1.165, 1.54) is 7.11 Å². The summed E-state index contributed by atoms with van der Waals surface area (Å²) in [5.41, 5.74) is 1.66. The van der Waals surface area contributed by atoms with Gasteiger partial charge >= 0.3 is 10.4 Å². The molecule has 122 valence electrons. The Hall–Kier alpha value is -1.00. The molecule has 0 radical (unpaired) electrons. The highest BCUT2D eigenvalue weighted by Crippen LogP contribution is 2.25. The predicted octanol–water partition coefficient (Wildman–Crippen LogP) is 1.81. The molecule has 1 atom stereocenters. The molecule has 0 saturated heterocycles. The molecule has 0 saturated carbocycles.